The number of piperidine rings is 1. The Bertz CT molecular complexity index is 1000. The second-order valence-corrected chi connectivity index (χ2v) is 7.25. The summed E-state index contributed by atoms with van der Waals surface area (Å²) in [6.45, 7) is 1.91. The quantitative estimate of drug-likeness (QED) is 0.688. The maximum atomic E-state index is 13.5. The van der Waals surface area contributed by atoms with Gasteiger partial charge in [-0.1, -0.05) is 35.5 Å². The van der Waals surface area contributed by atoms with E-state index in [-0.39, 0.29) is 24.9 Å². The predicted octanol–water partition coefficient (Wildman–Crippen LogP) is 3.24. The smallest absolute Gasteiger partial charge is 0.257 e. The van der Waals surface area contributed by atoms with Crippen molar-refractivity contribution in [3.63, 3.8) is 0 Å². The molecule has 1 fully saturated rings. The molecule has 3 heterocycles. The Kier molecular flexibility index (Phi) is 5.25. The number of anilines is 2. The van der Waals surface area contributed by atoms with Gasteiger partial charge in [-0.15, -0.1) is 12.4 Å². The number of halogens is 1. The van der Waals surface area contributed by atoms with Gasteiger partial charge in [0.05, 0.1) is 17.9 Å². The summed E-state index contributed by atoms with van der Waals surface area (Å²) in [5.41, 5.74) is 2.10. The number of benzene rings is 2. The number of amides is 1. The molecule has 29 heavy (non-hydrogen) atoms. The average molecular weight is 412 g/mol. The summed E-state index contributed by atoms with van der Waals surface area (Å²) in [5.74, 6) is 1.02. The normalized spacial score (nSPS) is 17.4. The van der Waals surface area contributed by atoms with Crippen LogP contribution in [0.15, 0.2) is 59.1 Å². The lowest BCUT2D eigenvalue weighted by Gasteiger charge is -2.45. The topological polar surface area (TPSA) is 83.3 Å². The molecule has 2 N–H and O–H groups in total. The first kappa shape index (κ1) is 19.4. The summed E-state index contributed by atoms with van der Waals surface area (Å²) in [7, 11) is 0. The van der Waals surface area contributed by atoms with Crippen molar-refractivity contribution in [3.05, 3.63) is 60.4 Å². The lowest BCUT2D eigenvalue weighted by Crippen LogP contribution is -2.61. The van der Waals surface area contributed by atoms with Crippen LogP contribution in [0.3, 0.4) is 0 Å². The lowest BCUT2D eigenvalue weighted by atomic mass is 9.84. The fourth-order valence-corrected chi connectivity index (χ4v) is 4.00. The van der Waals surface area contributed by atoms with Gasteiger partial charge in [-0.3, -0.25) is 4.79 Å². The standard InChI is InChI=1S/C21H21N5O2.ClH/c27-20-21(10-12-22-13-11-21)24-16-8-4-5-9-17(16)26(20)14-18-23-19(28-25-18)15-6-2-1-3-7-15;/h1-9,22,24H,10-14H2;1H. The van der Waals surface area contributed by atoms with E-state index in [0.29, 0.717) is 11.7 Å². The summed E-state index contributed by atoms with van der Waals surface area (Å²) in [4.78, 5) is 19.8. The summed E-state index contributed by atoms with van der Waals surface area (Å²) < 4.78 is 5.43. The minimum absolute atomic E-state index is 0. The lowest BCUT2D eigenvalue weighted by molar-refractivity contribution is -0.124. The van der Waals surface area contributed by atoms with E-state index in [1.807, 2.05) is 54.6 Å². The highest BCUT2D eigenvalue weighted by Gasteiger charge is 2.46. The number of nitrogens with one attached hydrogen (secondary N) is 2. The van der Waals surface area contributed by atoms with Crippen LogP contribution in [0.5, 0.6) is 0 Å². The molecule has 2 aliphatic heterocycles. The first-order valence-corrected chi connectivity index (χ1v) is 9.53. The van der Waals surface area contributed by atoms with E-state index in [1.165, 1.54) is 0 Å². The molecule has 0 saturated carbocycles. The molecule has 0 unspecified atom stereocenters. The van der Waals surface area contributed by atoms with Crippen LogP contribution in [-0.4, -0.2) is 34.7 Å². The first-order valence-electron chi connectivity index (χ1n) is 9.53. The molecule has 0 bridgehead atoms. The van der Waals surface area contributed by atoms with E-state index < -0.39 is 5.54 Å². The van der Waals surface area contributed by atoms with Gasteiger partial charge in [0, 0.05) is 5.56 Å². The van der Waals surface area contributed by atoms with Crippen molar-refractivity contribution in [3.8, 4) is 11.5 Å². The van der Waals surface area contributed by atoms with E-state index in [9.17, 15) is 4.79 Å². The van der Waals surface area contributed by atoms with Crippen molar-refractivity contribution >= 4 is 29.7 Å². The fraction of sp³-hybridized carbons (Fsp3) is 0.286. The Morgan fingerprint density at radius 3 is 2.55 bits per heavy atom. The predicted molar refractivity (Wildman–Crippen MR) is 113 cm³/mol. The second kappa shape index (κ2) is 7.85. The van der Waals surface area contributed by atoms with Gasteiger partial charge in [0.25, 0.3) is 11.8 Å². The number of aromatic nitrogens is 2. The van der Waals surface area contributed by atoms with Crippen molar-refractivity contribution in [1.29, 1.82) is 0 Å². The van der Waals surface area contributed by atoms with Crippen LogP contribution in [0.2, 0.25) is 0 Å². The Labute approximate surface area is 174 Å². The number of hydrogen-bond acceptors (Lipinski definition) is 6. The number of nitrogens with zero attached hydrogens (tertiary/aromatic N) is 3. The molecule has 0 aliphatic carbocycles. The number of hydrogen-bond donors (Lipinski definition) is 2. The Balaban J connectivity index is 0.00000205. The summed E-state index contributed by atoms with van der Waals surface area (Å²) in [6, 6.07) is 17.5. The molecule has 8 heteroatoms. The molecule has 1 aromatic heterocycles. The van der Waals surface area contributed by atoms with Gasteiger partial charge in [0.2, 0.25) is 0 Å². The van der Waals surface area contributed by atoms with E-state index in [2.05, 4.69) is 20.8 Å². The van der Waals surface area contributed by atoms with Gasteiger partial charge in [0.1, 0.15) is 5.54 Å². The molecule has 7 nitrogen and oxygen atoms in total. The third-order valence-electron chi connectivity index (χ3n) is 5.47. The van der Waals surface area contributed by atoms with Crippen molar-refractivity contribution < 1.29 is 9.32 Å². The minimum atomic E-state index is -0.578. The molecule has 1 spiro atoms. The van der Waals surface area contributed by atoms with Crippen LogP contribution >= 0.6 is 12.4 Å². The molecule has 2 aliphatic rings. The van der Waals surface area contributed by atoms with Gasteiger partial charge in [0.15, 0.2) is 5.82 Å². The second-order valence-electron chi connectivity index (χ2n) is 7.25. The summed E-state index contributed by atoms with van der Waals surface area (Å²) >= 11 is 0. The first-order chi connectivity index (χ1) is 13.8. The Hall–Kier alpha value is -2.90. The van der Waals surface area contributed by atoms with E-state index >= 15 is 0 Å². The third-order valence-corrected chi connectivity index (χ3v) is 5.47. The molecule has 0 radical (unpaired) electrons. The number of fused-ring (bicyclic) bond motifs is 1. The SMILES string of the molecule is Cl.O=C1N(Cc2noc(-c3ccccc3)n2)c2ccccc2NC12CCNCC2. The zero-order chi connectivity index (χ0) is 19.0. The number of rotatable bonds is 3. The van der Waals surface area contributed by atoms with Crippen molar-refractivity contribution in [2.45, 2.75) is 24.9 Å². The zero-order valence-electron chi connectivity index (χ0n) is 15.8. The molecule has 1 saturated heterocycles. The van der Waals surface area contributed by atoms with Crippen LogP contribution in [0.1, 0.15) is 18.7 Å². The van der Waals surface area contributed by atoms with Crippen molar-refractivity contribution in [1.82, 2.24) is 15.5 Å². The minimum Gasteiger partial charge on any atom is -0.369 e. The molecule has 2 aromatic carbocycles. The van der Waals surface area contributed by atoms with Gasteiger partial charge in [-0.2, -0.15) is 4.98 Å². The number of carbonyl (C=O) groups excluding carboxylic acids is 1. The molecule has 3 aromatic rings. The molecule has 1 amide bonds. The maximum Gasteiger partial charge on any atom is 0.257 e. The highest BCUT2D eigenvalue weighted by molar-refractivity contribution is 6.07. The molecular formula is C21H22ClN5O2. The van der Waals surface area contributed by atoms with Crippen LogP contribution in [0.4, 0.5) is 11.4 Å². The number of carbonyl (C=O) groups is 1. The Morgan fingerprint density at radius 1 is 1.03 bits per heavy atom. The zero-order valence-corrected chi connectivity index (χ0v) is 16.6. The highest BCUT2D eigenvalue weighted by Crippen LogP contribution is 2.39. The van der Waals surface area contributed by atoms with E-state index in [0.717, 1.165) is 42.9 Å². The highest BCUT2D eigenvalue weighted by atomic mass is 35.5. The Morgan fingerprint density at radius 2 is 1.76 bits per heavy atom. The summed E-state index contributed by atoms with van der Waals surface area (Å²) in [6.07, 6.45) is 1.50. The summed E-state index contributed by atoms with van der Waals surface area (Å²) in [5, 5.41) is 11.0. The largest absolute Gasteiger partial charge is 0.369 e. The van der Waals surface area contributed by atoms with Crippen LogP contribution in [0, 0.1) is 0 Å². The molecular weight excluding hydrogens is 390 g/mol. The van der Waals surface area contributed by atoms with Crippen molar-refractivity contribution in [2.75, 3.05) is 23.3 Å². The van der Waals surface area contributed by atoms with Gasteiger partial charge >= 0.3 is 0 Å². The maximum absolute atomic E-state index is 13.5. The van der Waals surface area contributed by atoms with Gasteiger partial charge in [-0.05, 0) is 50.2 Å². The molecule has 5 rings (SSSR count). The van der Waals surface area contributed by atoms with E-state index in [4.69, 9.17) is 4.52 Å². The van der Waals surface area contributed by atoms with Crippen LogP contribution in [0.25, 0.3) is 11.5 Å². The van der Waals surface area contributed by atoms with Gasteiger partial charge < -0.3 is 20.1 Å². The fourth-order valence-electron chi connectivity index (χ4n) is 4.00. The third kappa shape index (κ3) is 3.47. The van der Waals surface area contributed by atoms with Crippen LogP contribution < -0.4 is 15.5 Å². The van der Waals surface area contributed by atoms with E-state index in [1.54, 1.807) is 4.90 Å². The van der Waals surface area contributed by atoms with Crippen LogP contribution in [-0.2, 0) is 11.3 Å². The molecule has 0 atom stereocenters. The monoisotopic (exact) mass is 411 g/mol. The average Bonchev–Trinajstić information content (AvgIpc) is 3.21. The van der Waals surface area contributed by atoms with Crippen molar-refractivity contribution in [2.24, 2.45) is 0 Å². The molecule has 150 valence electrons. The van der Waals surface area contributed by atoms with Gasteiger partial charge in [-0.25, -0.2) is 0 Å². The number of para-hydroxylation sites is 2.